The van der Waals surface area contributed by atoms with E-state index in [1.54, 1.807) is 6.07 Å². The molecule has 0 atom stereocenters. The third kappa shape index (κ3) is 2.44. The number of aromatic nitrogens is 1. The zero-order valence-electron chi connectivity index (χ0n) is 12.5. The molecule has 0 spiro atoms. The van der Waals surface area contributed by atoms with Crippen molar-refractivity contribution in [3.8, 4) is 11.3 Å². The first kappa shape index (κ1) is 14.8. The molecule has 0 N–H and O–H groups in total. The summed E-state index contributed by atoms with van der Waals surface area (Å²) in [5, 5.41) is 5.75. The van der Waals surface area contributed by atoms with E-state index in [0.717, 1.165) is 10.8 Å². The van der Waals surface area contributed by atoms with E-state index in [4.69, 9.17) is 9.26 Å². The van der Waals surface area contributed by atoms with E-state index in [1.807, 2.05) is 36.4 Å². The van der Waals surface area contributed by atoms with E-state index >= 15 is 0 Å². The summed E-state index contributed by atoms with van der Waals surface area (Å²) in [7, 11) is 2.42. The fourth-order valence-corrected chi connectivity index (χ4v) is 2.43. The van der Waals surface area contributed by atoms with Crippen LogP contribution in [0.25, 0.3) is 22.0 Å². The van der Waals surface area contributed by atoms with Crippen LogP contribution in [-0.2, 0) is 9.47 Å². The summed E-state index contributed by atoms with van der Waals surface area (Å²) in [6.07, 6.45) is 0. The van der Waals surface area contributed by atoms with Crippen LogP contribution in [0.15, 0.2) is 47.0 Å². The first-order valence-corrected chi connectivity index (χ1v) is 6.81. The van der Waals surface area contributed by atoms with Gasteiger partial charge >= 0.3 is 11.9 Å². The Balaban J connectivity index is 2.29. The van der Waals surface area contributed by atoms with Crippen LogP contribution in [-0.4, -0.2) is 31.3 Å². The summed E-state index contributed by atoms with van der Waals surface area (Å²) in [6, 6.07) is 13.2. The number of carbonyl (C=O) groups excluding carboxylic acids is 2. The van der Waals surface area contributed by atoms with Crippen molar-refractivity contribution in [2.24, 2.45) is 0 Å². The third-order valence-electron chi connectivity index (χ3n) is 3.50. The molecule has 0 aliphatic carbocycles. The van der Waals surface area contributed by atoms with Crippen molar-refractivity contribution in [1.29, 1.82) is 0 Å². The Kier molecular flexibility index (Phi) is 3.80. The van der Waals surface area contributed by atoms with E-state index < -0.39 is 11.9 Å². The Bertz CT molecular complexity index is 892. The molecule has 0 unspecified atom stereocenters. The molecule has 6 nitrogen and oxygen atoms in total. The molecule has 3 aromatic rings. The van der Waals surface area contributed by atoms with Crippen molar-refractivity contribution in [1.82, 2.24) is 5.16 Å². The summed E-state index contributed by atoms with van der Waals surface area (Å²) in [5.74, 6) is -1.78. The zero-order chi connectivity index (χ0) is 16.4. The predicted octanol–water partition coefficient (Wildman–Crippen LogP) is 3.07. The molecule has 0 radical (unpaired) electrons. The van der Waals surface area contributed by atoms with Gasteiger partial charge in [0.05, 0.1) is 14.2 Å². The van der Waals surface area contributed by atoms with Crippen LogP contribution in [0.5, 0.6) is 0 Å². The first-order chi connectivity index (χ1) is 11.2. The average Bonchev–Trinajstić information content (AvgIpc) is 3.04. The molecular weight excluding hydrogens is 298 g/mol. The van der Waals surface area contributed by atoms with Gasteiger partial charge in [-0.3, -0.25) is 0 Å². The number of carbonyl (C=O) groups is 2. The minimum Gasteiger partial charge on any atom is -0.465 e. The van der Waals surface area contributed by atoms with E-state index in [0.29, 0.717) is 5.56 Å². The molecule has 1 aromatic heterocycles. The molecule has 0 aliphatic rings. The van der Waals surface area contributed by atoms with Crippen LogP contribution in [0, 0.1) is 0 Å². The van der Waals surface area contributed by atoms with Crippen molar-refractivity contribution >= 4 is 22.7 Å². The fraction of sp³-hybridized carbons (Fsp3) is 0.118. The quantitative estimate of drug-likeness (QED) is 0.692. The number of hydrogen-bond acceptors (Lipinski definition) is 6. The van der Waals surface area contributed by atoms with Gasteiger partial charge in [-0.25, -0.2) is 9.59 Å². The summed E-state index contributed by atoms with van der Waals surface area (Å²) >= 11 is 0. The normalized spacial score (nSPS) is 10.5. The highest BCUT2D eigenvalue weighted by Crippen LogP contribution is 2.32. The minimum atomic E-state index is -0.788. The Morgan fingerprint density at radius 1 is 0.957 bits per heavy atom. The van der Waals surface area contributed by atoms with E-state index in [9.17, 15) is 9.59 Å². The molecular formula is C17H13NO5. The lowest BCUT2D eigenvalue weighted by molar-refractivity contribution is 0.0521. The summed E-state index contributed by atoms with van der Waals surface area (Å²) < 4.78 is 14.4. The van der Waals surface area contributed by atoms with E-state index in [1.165, 1.54) is 14.2 Å². The Hall–Kier alpha value is -3.15. The minimum absolute atomic E-state index is 0.0456. The lowest BCUT2D eigenvalue weighted by Gasteiger charge is -2.05. The number of methoxy groups -OCH3 is 2. The molecule has 23 heavy (non-hydrogen) atoms. The number of esters is 2. The maximum Gasteiger partial charge on any atom is 0.377 e. The summed E-state index contributed by atoms with van der Waals surface area (Å²) in [5.41, 5.74) is 0.868. The van der Waals surface area contributed by atoms with Crippen molar-refractivity contribution in [2.45, 2.75) is 0 Å². The molecule has 0 saturated carbocycles. The van der Waals surface area contributed by atoms with E-state index in [-0.39, 0.29) is 17.0 Å². The largest absolute Gasteiger partial charge is 0.465 e. The van der Waals surface area contributed by atoms with Crippen LogP contribution in [0.2, 0.25) is 0 Å². The number of ether oxygens (including phenoxy) is 2. The van der Waals surface area contributed by atoms with E-state index in [2.05, 4.69) is 9.89 Å². The van der Waals surface area contributed by atoms with Gasteiger partial charge in [0.1, 0.15) is 11.3 Å². The molecule has 1 heterocycles. The predicted molar refractivity (Wildman–Crippen MR) is 82.1 cm³/mol. The monoisotopic (exact) mass is 311 g/mol. The molecule has 6 heteroatoms. The number of nitrogens with zero attached hydrogens (tertiary/aromatic N) is 1. The molecule has 116 valence electrons. The lowest BCUT2D eigenvalue weighted by atomic mass is 9.99. The highest BCUT2D eigenvalue weighted by atomic mass is 16.6. The zero-order valence-corrected chi connectivity index (χ0v) is 12.5. The Morgan fingerprint density at radius 2 is 1.65 bits per heavy atom. The number of rotatable bonds is 3. The lowest BCUT2D eigenvalue weighted by Crippen LogP contribution is -2.10. The number of hydrogen-bond donors (Lipinski definition) is 0. The summed E-state index contributed by atoms with van der Waals surface area (Å²) in [4.78, 5) is 23.9. The van der Waals surface area contributed by atoms with Gasteiger partial charge in [-0.1, -0.05) is 47.6 Å². The van der Waals surface area contributed by atoms with Crippen molar-refractivity contribution in [3.05, 3.63) is 53.8 Å². The van der Waals surface area contributed by atoms with Gasteiger partial charge in [-0.15, -0.1) is 0 Å². The van der Waals surface area contributed by atoms with Gasteiger partial charge in [0.2, 0.25) is 0 Å². The topological polar surface area (TPSA) is 78.6 Å². The second kappa shape index (κ2) is 5.92. The second-order valence-electron chi connectivity index (χ2n) is 4.75. The maximum atomic E-state index is 12.1. The summed E-state index contributed by atoms with van der Waals surface area (Å²) in [6.45, 7) is 0. The first-order valence-electron chi connectivity index (χ1n) is 6.81. The van der Waals surface area contributed by atoms with Crippen LogP contribution in [0.1, 0.15) is 20.9 Å². The van der Waals surface area contributed by atoms with Crippen LogP contribution in [0.4, 0.5) is 0 Å². The standard InChI is InChI=1S/C17H13NO5/c1-21-16(19)13-14(18-23-15(13)17(20)22-2)12-9-5-7-10-6-3-4-8-11(10)12/h3-9H,1-2H3. The molecule has 3 rings (SSSR count). The molecule has 0 amide bonds. The third-order valence-corrected chi connectivity index (χ3v) is 3.50. The van der Waals surface area contributed by atoms with Crippen molar-refractivity contribution < 1.29 is 23.6 Å². The highest BCUT2D eigenvalue weighted by molar-refractivity contribution is 6.08. The highest BCUT2D eigenvalue weighted by Gasteiger charge is 2.30. The van der Waals surface area contributed by atoms with Crippen LogP contribution < -0.4 is 0 Å². The van der Waals surface area contributed by atoms with Gasteiger partial charge in [0.15, 0.2) is 0 Å². The Morgan fingerprint density at radius 3 is 2.39 bits per heavy atom. The SMILES string of the molecule is COC(=O)c1onc(-c2cccc3ccccc23)c1C(=O)OC. The molecule has 0 aliphatic heterocycles. The molecule has 0 fully saturated rings. The smallest absolute Gasteiger partial charge is 0.377 e. The average molecular weight is 311 g/mol. The molecule has 0 bridgehead atoms. The number of benzene rings is 2. The maximum absolute atomic E-state index is 12.1. The molecule has 0 saturated heterocycles. The molecule has 2 aromatic carbocycles. The van der Waals surface area contributed by atoms with Gasteiger partial charge < -0.3 is 14.0 Å². The van der Waals surface area contributed by atoms with Gasteiger partial charge in [-0.05, 0) is 10.8 Å². The van der Waals surface area contributed by atoms with Gasteiger partial charge in [0.25, 0.3) is 5.76 Å². The van der Waals surface area contributed by atoms with Crippen molar-refractivity contribution in [3.63, 3.8) is 0 Å². The fourth-order valence-electron chi connectivity index (χ4n) is 2.43. The van der Waals surface area contributed by atoms with Crippen LogP contribution >= 0.6 is 0 Å². The van der Waals surface area contributed by atoms with Gasteiger partial charge in [-0.2, -0.15) is 0 Å². The number of fused-ring (bicyclic) bond motifs is 1. The van der Waals surface area contributed by atoms with Crippen LogP contribution in [0.3, 0.4) is 0 Å². The Labute approximate surface area is 131 Å². The van der Waals surface area contributed by atoms with Gasteiger partial charge in [0, 0.05) is 5.56 Å². The second-order valence-corrected chi connectivity index (χ2v) is 4.75. The van der Waals surface area contributed by atoms with Crippen molar-refractivity contribution in [2.75, 3.05) is 14.2 Å².